The molecule has 1 aromatic heterocycles. The Balaban J connectivity index is 1.79. The Labute approximate surface area is 184 Å². The number of carbonyl (C=O) groups excluding carboxylic acids is 2. The van der Waals surface area contributed by atoms with Gasteiger partial charge in [-0.15, -0.1) is 0 Å². The second-order valence-electron chi connectivity index (χ2n) is 7.09. The molecule has 0 amide bonds. The maximum atomic E-state index is 12.8. The molecule has 2 N–H and O–H groups in total. The van der Waals surface area contributed by atoms with E-state index in [-0.39, 0.29) is 35.9 Å². The summed E-state index contributed by atoms with van der Waals surface area (Å²) in [4.78, 5) is 35.8. The van der Waals surface area contributed by atoms with Crippen LogP contribution in [0.3, 0.4) is 0 Å². The fraction of sp³-hybridized carbons (Fsp3) is 0.217. The molecule has 2 aromatic carbocycles. The second-order valence-corrected chi connectivity index (χ2v) is 7.09. The molecule has 3 aromatic rings. The van der Waals surface area contributed by atoms with E-state index in [0.29, 0.717) is 5.56 Å². The highest BCUT2D eigenvalue weighted by molar-refractivity contribution is 6.02. The zero-order chi connectivity index (χ0) is 23.3. The molecule has 0 fully saturated rings. The van der Waals surface area contributed by atoms with Gasteiger partial charge in [0.25, 0.3) is 5.69 Å². The third-order valence-corrected chi connectivity index (χ3v) is 4.94. The van der Waals surface area contributed by atoms with Crippen LogP contribution < -0.4 is 5.32 Å². The highest BCUT2D eigenvalue weighted by atomic mass is 16.6. The van der Waals surface area contributed by atoms with Gasteiger partial charge in [-0.1, -0.05) is 18.2 Å². The fourth-order valence-electron chi connectivity index (χ4n) is 3.47. The molecule has 0 saturated heterocycles. The molecular weight excluding hydrogens is 414 g/mol. The van der Waals surface area contributed by atoms with Crippen LogP contribution in [0.25, 0.3) is 5.69 Å². The summed E-state index contributed by atoms with van der Waals surface area (Å²) in [5.41, 5.74) is 2.81. The molecule has 0 aliphatic heterocycles. The average Bonchev–Trinajstić information content (AvgIpc) is 3.10. The van der Waals surface area contributed by atoms with Crippen molar-refractivity contribution in [1.82, 2.24) is 4.57 Å². The number of hydrogen-bond donors (Lipinski definition) is 2. The van der Waals surface area contributed by atoms with Crippen molar-refractivity contribution in [3.8, 4) is 5.69 Å². The molecule has 0 spiro atoms. The van der Waals surface area contributed by atoms with Crippen LogP contribution in [0.15, 0.2) is 54.6 Å². The molecule has 0 radical (unpaired) electrons. The third-order valence-electron chi connectivity index (χ3n) is 4.94. The minimum atomic E-state index is -0.876. The Hall–Kier alpha value is -3.98. The Morgan fingerprint density at radius 3 is 2.47 bits per heavy atom. The molecule has 0 atom stereocenters. The van der Waals surface area contributed by atoms with Gasteiger partial charge in [0.2, 0.25) is 5.78 Å². The number of Topliss-reactive ketones (excluding diaryl/α,β-unsaturated/α-hetero) is 1. The Bertz CT molecular complexity index is 1150. The van der Waals surface area contributed by atoms with E-state index in [0.717, 1.165) is 23.1 Å². The number of aliphatic hydroxyl groups excluding tert-OH is 1. The molecule has 0 bridgehead atoms. The summed E-state index contributed by atoms with van der Waals surface area (Å²) in [7, 11) is 0. The molecule has 9 nitrogen and oxygen atoms in total. The molecule has 3 rings (SSSR count). The van der Waals surface area contributed by atoms with E-state index in [1.165, 1.54) is 12.1 Å². The molecule has 0 aliphatic carbocycles. The molecular formula is C23H23N3O6. The van der Waals surface area contributed by atoms with Crippen molar-refractivity contribution in [2.75, 3.05) is 25.1 Å². The number of esters is 1. The van der Waals surface area contributed by atoms with Gasteiger partial charge < -0.3 is 19.7 Å². The van der Waals surface area contributed by atoms with Crippen LogP contribution in [0.1, 0.15) is 32.1 Å². The number of para-hydroxylation sites is 1. The highest BCUT2D eigenvalue weighted by Gasteiger charge is 2.21. The first-order valence-corrected chi connectivity index (χ1v) is 9.91. The van der Waals surface area contributed by atoms with Crippen molar-refractivity contribution in [3.63, 3.8) is 0 Å². The number of nitro benzene ring substituents is 1. The Kier molecular flexibility index (Phi) is 7.01. The molecule has 9 heteroatoms. The monoisotopic (exact) mass is 437 g/mol. The molecule has 32 heavy (non-hydrogen) atoms. The van der Waals surface area contributed by atoms with Crippen LogP contribution in [0.2, 0.25) is 0 Å². The van der Waals surface area contributed by atoms with Crippen molar-refractivity contribution in [3.05, 3.63) is 87.2 Å². The van der Waals surface area contributed by atoms with Gasteiger partial charge in [-0.05, 0) is 38.1 Å². The summed E-state index contributed by atoms with van der Waals surface area (Å²) in [6, 6.07) is 15.0. The summed E-state index contributed by atoms with van der Waals surface area (Å²) in [6.07, 6.45) is 0. The van der Waals surface area contributed by atoms with Crippen molar-refractivity contribution in [2.24, 2.45) is 0 Å². The Morgan fingerprint density at radius 1 is 1.09 bits per heavy atom. The lowest BCUT2D eigenvalue weighted by molar-refractivity contribution is -0.384. The summed E-state index contributed by atoms with van der Waals surface area (Å²) in [5.74, 6) is -1.26. The van der Waals surface area contributed by atoms with Crippen molar-refractivity contribution in [1.29, 1.82) is 0 Å². The smallest absolute Gasteiger partial charge is 0.340 e. The van der Waals surface area contributed by atoms with Crippen LogP contribution >= 0.6 is 0 Å². The summed E-state index contributed by atoms with van der Waals surface area (Å²) in [6.45, 7) is 3.13. The van der Waals surface area contributed by atoms with E-state index in [4.69, 9.17) is 9.84 Å². The van der Waals surface area contributed by atoms with Gasteiger partial charge in [-0.3, -0.25) is 14.9 Å². The number of aryl methyl sites for hydroxylation is 1. The number of aromatic nitrogens is 1. The minimum Gasteiger partial charge on any atom is -0.454 e. The standard InChI is InChI=1S/C23H23N3O6/c1-15-12-19(16(2)25(15)17-6-4-3-5-7-17)22(28)14-32-23(29)20-13-18(26(30)31)8-9-21(20)24-10-11-27/h3-9,12-13,24,27H,10-11,14H2,1-2H3. The number of aliphatic hydroxyl groups is 1. The number of ether oxygens (including phenoxy) is 1. The van der Waals surface area contributed by atoms with Gasteiger partial charge in [-0.2, -0.15) is 0 Å². The van der Waals surface area contributed by atoms with Crippen LogP contribution in [0.5, 0.6) is 0 Å². The summed E-state index contributed by atoms with van der Waals surface area (Å²) >= 11 is 0. The normalized spacial score (nSPS) is 10.6. The number of nitrogens with one attached hydrogen (secondary N) is 1. The predicted molar refractivity (Wildman–Crippen MR) is 119 cm³/mol. The number of non-ortho nitro benzene ring substituents is 1. The predicted octanol–water partition coefficient (Wildman–Crippen LogP) is 3.45. The Morgan fingerprint density at radius 2 is 1.81 bits per heavy atom. The molecule has 1 heterocycles. The van der Waals surface area contributed by atoms with E-state index in [1.807, 2.05) is 48.7 Å². The largest absolute Gasteiger partial charge is 0.454 e. The van der Waals surface area contributed by atoms with Gasteiger partial charge in [-0.25, -0.2) is 4.79 Å². The lowest BCUT2D eigenvalue weighted by Gasteiger charge is -2.11. The number of carbonyl (C=O) groups is 2. The lowest BCUT2D eigenvalue weighted by Crippen LogP contribution is -2.17. The fourth-order valence-corrected chi connectivity index (χ4v) is 3.47. The van der Waals surface area contributed by atoms with Crippen molar-refractivity contribution in [2.45, 2.75) is 13.8 Å². The van der Waals surface area contributed by atoms with Crippen LogP contribution in [-0.4, -0.2) is 46.1 Å². The minimum absolute atomic E-state index is 0.0878. The quantitative estimate of drug-likeness (QED) is 0.227. The van der Waals surface area contributed by atoms with Gasteiger partial charge in [0.15, 0.2) is 6.61 Å². The van der Waals surface area contributed by atoms with Gasteiger partial charge in [0, 0.05) is 47.0 Å². The van der Waals surface area contributed by atoms with Crippen LogP contribution in [-0.2, 0) is 4.74 Å². The highest BCUT2D eigenvalue weighted by Crippen LogP contribution is 2.24. The number of nitrogens with zero attached hydrogens (tertiary/aromatic N) is 2. The lowest BCUT2D eigenvalue weighted by atomic mass is 10.1. The average molecular weight is 437 g/mol. The zero-order valence-electron chi connectivity index (χ0n) is 17.7. The number of anilines is 1. The maximum Gasteiger partial charge on any atom is 0.340 e. The van der Waals surface area contributed by atoms with Gasteiger partial charge >= 0.3 is 5.97 Å². The van der Waals surface area contributed by atoms with Crippen LogP contribution in [0, 0.1) is 24.0 Å². The number of benzene rings is 2. The van der Waals surface area contributed by atoms with Crippen molar-refractivity contribution >= 4 is 23.1 Å². The summed E-state index contributed by atoms with van der Waals surface area (Å²) in [5, 5.41) is 22.9. The van der Waals surface area contributed by atoms with E-state index >= 15 is 0 Å². The van der Waals surface area contributed by atoms with Crippen LogP contribution in [0.4, 0.5) is 11.4 Å². The van der Waals surface area contributed by atoms with E-state index in [1.54, 1.807) is 6.07 Å². The first kappa shape index (κ1) is 22.7. The molecule has 0 aliphatic rings. The molecule has 0 saturated carbocycles. The van der Waals surface area contributed by atoms with E-state index in [9.17, 15) is 19.7 Å². The van der Waals surface area contributed by atoms with Gasteiger partial charge in [0.1, 0.15) is 0 Å². The number of nitro groups is 1. The maximum absolute atomic E-state index is 12.8. The van der Waals surface area contributed by atoms with Gasteiger partial charge in [0.05, 0.1) is 17.1 Å². The van der Waals surface area contributed by atoms with E-state index < -0.39 is 17.5 Å². The zero-order valence-corrected chi connectivity index (χ0v) is 17.7. The number of rotatable bonds is 9. The number of hydrogen-bond acceptors (Lipinski definition) is 7. The van der Waals surface area contributed by atoms with Crippen molar-refractivity contribution < 1.29 is 24.4 Å². The third kappa shape index (κ3) is 4.84. The molecule has 166 valence electrons. The first-order valence-electron chi connectivity index (χ1n) is 9.91. The summed E-state index contributed by atoms with van der Waals surface area (Å²) < 4.78 is 7.12. The SMILES string of the molecule is Cc1cc(C(=O)COC(=O)c2cc([N+](=O)[O-])ccc2NCCO)c(C)n1-c1ccccc1. The number of ketones is 1. The first-order chi connectivity index (χ1) is 15.3. The second kappa shape index (κ2) is 9.88. The topological polar surface area (TPSA) is 124 Å². The van der Waals surface area contributed by atoms with E-state index in [2.05, 4.69) is 5.32 Å². The molecule has 0 unspecified atom stereocenters.